The third-order valence-corrected chi connectivity index (χ3v) is 4.06. The largest absolute Gasteiger partial charge is 0.314 e. The van der Waals surface area contributed by atoms with E-state index in [-0.39, 0.29) is 0 Å². The van der Waals surface area contributed by atoms with E-state index in [4.69, 9.17) is 0 Å². The Balaban J connectivity index is 1.84. The summed E-state index contributed by atoms with van der Waals surface area (Å²) in [5.41, 5.74) is 1.29. The van der Waals surface area contributed by atoms with Gasteiger partial charge >= 0.3 is 0 Å². The van der Waals surface area contributed by atoms with Crippen LogP contribution in [0.4, 0.5) is 0 Å². The molecule has 1 atom stereocenters. The van der Waals surface area contributed by atoms with E-state index in [9.17, 15) is 0 Å². The molecule has 1 unspecified atom stereocenters. The Morgan fingerprint density at radius 3 is 2.76 bits per heavy atom. The van der Waals surface area contributed by atoms with Crippen molar-refractivity contribution < 1.29 is 0 Å². The lowest BCUT2D eigenvalue weighted by atomic mass is 9.93. The van der Waals surface area contributed by atoms with Gasteiger partial charge in [0.15, 0.2) is 0 Å². The Bertz CT molecular complexity index is 342. The summed E-state index contributed by atoms with van der Waals surface area (Å²) in [7, 11) is 0. The number of aryl methyl sites for hydroxylation is 1. The topological polar surface area (TPSA) is 24.9 Å². The molecule has 1 aromatic rings. The summed E-state index contributed by atoms with van der Waals surface area (Å²) in [5.74, 6) is 1.53. The summed E-state index contributed by atoms with van der Waals surface area (Å²) in [6.07, 6.45) is 5.20. The Morgan fingerprint density at radius 1 is 1.47 bits per heavy atom. The molecule has 0 saturated heterocycles. The molecule has 17 heavy (non-hydrogen) atoms. The van der Waals surface area contributed by atoms with Crippen LogP contribution in [0.1, 0.15) is 43.8 Å². The van der Waals surface area contributed by atoms with Crippen LogP contribution in [-0.4, -0.2) is 17.6 Å². The molecular formula is C14H24N2S. The predicted molar refractivity (Wildman–Crippen MR) is 74.5 cm³/mol. The van der Waals surface area contributed by atoms with Crippen molar-refractivity contribution in [1.29, 1.82) is 0 Å². The molecular weight excluding hydrogens is 228 g/mol. The van der Waals surface area contributed by atoms with Crippen LogP contribution in [0, 0.1) is 18.8 Å². The summed E-state index contributed by atoms with van der Waals surface area (Å²) in [4.78, 5) is 4.59. The minimum atomic E-state index is 0.747. The minimum Gasteiger partial charge on any atom is -0.314 e. The van der Waals surface area contributed by atoms with Crippen LogP contribution in [0.3, 0.4) is 0 Å². The molecule has 1 aromatic heterocycles. The normalized spacial score (nSPS) is 17.6. The molecule has 3 heteroatoms. The van der Waals surface area contributed by atoms with Crippen molar-refractivity contribution in [3.8, 4) is 0 Å². The maximum absolute atomic E-state index is 4.59. The molecule has 1 aliphatic rings. The van der Waals surface area contributed by atoms with Gasteiger partial charge in [-0.1, -0.05) is 13.8 Å². The monoisotopic (exact) mass is 252 g/mol. The first kappa shape index (κ1) is 13.0. The Hall–Kier alpha value is -0.410. The van der Waals surface area contributed by atoms with Gasteiger partial charge in [0.1, 0.15) is 0 Å². The van der Waals surface area contributed by atoms with Crippen LogP contribution in [0.25, 0.3) is 0 Å². The first-order valence-electron chi connectivity index (χ1n) is 6.78. The van der Waals surface area contributed by atoms with Crippen LogP contribution in [0.2, 0.25) is 0 Å². The van der Waals surface area contributed by atoms with Gasteiger partial charge in [-0.3, -0.25) is 0 Å². The van der Waals surface area contributed by atoms with Crippen molar-refractivity contribution >= 4 is 11.3 Å². The van der Waals surface area contributed by atoms with Crippen molar-refractivity contribution in [2.24, 2.45) is 11.8 Å². The van der Waals surface area contributed by atoms with E-state index < -0.39 is 0 Å². The van der Waals surface area contributed by atoms with Crippen LogP contribution < -0.4 is 5.32 Å². The lowest BCUT2D eigenvalue weighted by Gasteiger charge is -2.18. The SMILES string of the molecule is Cc1nc(CC(CNC2CC2)CC(C)C)cs1. The zero-order valence-electron chi connectivity index (χ0n) is 11.2. The van der Waals surface area contributed by atoms with E-state index in [1.807, 2.05) is 0 Å². The van der Waals surface area contributed by atoms with Gasteiger partial charge in [0.2, 0.25) is 0 Å². The fourth-order valence-corrected chi connectivity index (χ4v) is 2.95. The lowest BCUT2D eigenvalue weighted by molar-refractivity contribution is 0.382. The molecule has 96 valence electrons. The van der Waals surface area contributed by atoms with Crippen molar-refractivity contribution in [3.05, 3.63) is 16.1 Å². The fourth-order valence-electron chi connectivity index (χ4n) is 2.32. The van der Waals surface area contributed by atoms with E-state index in [0.717, 1.165) is 24.3 Å². The van der Waals surface area contributed by atoms with Gasteiger partial charge in [0, 0.05) is 11.4 Å². The van der Waals surface area contributed by atoms with Gasteiger partial charge < -0.3 is 5.32 Å². The molecule has 1 saturated carbocycles. The van der Waals surface area contributed by atoms with Crippen LogP contribution >= 0.6 is 11.3 Å². The number of hydrogen-bond acceptors (Lipinski definition) is 3. The molecule has 1 N–H and O–H groups in total. The predicted octanol–water partition coefficient (Wildman–Crippen LogP) is 3.41. The number of rotatable bonds is 7. The third kappa shape index (κ3) is 4.76. The summed E-state index contributed by atoms with van der Waals surface area (Å²) in [5, 5.41) is 7.08. The van der Waals surface area contributed by atoms with Gasteiger partial charge in [-0.15, -0.1) is 11.3 Å². The summed E-state index contributed by atoms with van der Waals surface area (Å²) >= 11 is 1.77. The Morgan fingerprint density at radius 2 is 2.24 bits per heavy atom. The second-order valence-corrected chi connectivity index (χ2v) is 6.80. The van der Waals surface area contributed by atoms with Crippen LogP contribution in [0.5, 0.6) is 0 Å². The average molecular weight is 252 g/mol. The quantitative estimate of drug-likeness (QED) is 0.804. The van der Waals surface area contributed by atoms with Crippen molar-refractivity contribution in [3.63, 3.8) is 0 Å². The highest BCUT2D eigenvalue weighted by molar-refractivity contribution is 7.09. The maximum Gasteiger partial charge on any atom is 0.0897 e. The van der Waals surface area contributed by atoms with Crippen molar-refractivity contribution in [2.75, 3.05) is 6.54 Å². The molecule has 0 radical (unpaired) electrons. The number of nitrogens with one attached hydrogen (secondary N) is 1. The molecule has 0 amide bonds. The Kier molecular flexibility index (Phi) is 4.57. The molecule has 0 aliphatic heterocycles. The zero-order valence-corrected chi connectivity index (χ0v) is 12.0. The first-order valence-corrected chi connectivity index (χ1v) is 7.66. The van der Waals surface area contributed by atoms with Crippen molar-refractivity contribution in [1.82, 2.24) is 10.3 Å². The highest BCUT2D eigenvalue weighted by Crippen LogP contribution is 2.22. The molecule has 0 bridgehead atoms. The van der Waals surface area contributed by atoms with E-state index in [2.05, 4.69) is 36.5 Å². The highest BCUT2D eigenvalue weighted by atomic mass is 32.1. The van der Waals surface area contributed by atoms with Crippen LogP contribution in [-0.2, 0) is 6.42 Å². The number of nitrogens with zero attached hydrogens (tertiary/aromatic N) is 1. The lowest BCUT2D eigenvalue weighted by Crippen LogP contribution is -2.27. The first-order chi connectivity index (χ1) is 8.13. The second kappa shape index (κ2) is 5.96. The van der Waals surface area contributed by atoms with Gasteiger partial charge in [0.25, 0.3) is 0 Å². The number of thiazole rings is 1. The fraction of sp³-hybridized carbons (Fsp3) is 0.786. The third-order valence-electron chi connectivity index (χ3n) is 3.24. The van der Waals surface area contributed by atoms with E-state index in [1.54, 1.807) is 11.3 Å². The van der Waals surface area contributed by atoms with Gasteiger partial charge in [0.05, 0.1) is 10.7 Å². The highest BCUT2D eigenvalue weighted by Gasteiger charge is 2.22. The second-order valence-electron chi connectivity index (χ2n) is 5.74. The molecule has 0 spiro atoms. The maximum atomic E-state index is 4.59. The number of hydrogen-bond donors (Lipinski definition) is 1. The zero-order chi connectivity index (χ0) is 12.3. The molecule has 1 aliphatic carbocycles. The molecule has 0 aromatic carbocycles. The molecule has 1 fully saturated rings. The van der Waals surface area contributed by atoms with Crippen LogP contribution in [0.15, 0.2) is 5.38 Å². The number of aromatic nitrogens is 1. The van der Waals surface area contributed by atoms with Gasteiger partial charge in [-0.2, -0.15) is 0 Å². The summed E-state index contributed by atoms with van der Waals surface area (Å²) in [6.45, 7) is 7.89. The van der Waals surface area contributed by atoms with Gasteiger partial charge in [-0.05, 0) is 51.0 Å². The van der Waals surface area contributed by atoms with Crippen molar-refractivity contribution in [2.45, 2.75) is 52.5 Å². The summed E-state index contributed by atoms with van der Waals surface area (Å²) < 4.78 is 0. The smallest absolute Gasteiger partial charge is 0.0897 e. The van der Waals surface area contributed by atoms with E-state index in [1.165, 1.54) is 36.5 Å². The van der Waals surface area contributed by atoms with Gasteiger partial charge in [-0.25, -0.2) is 4.98 Å². The molecule has 2 rings (SSSR count). The van der Waals surface area contributed by atoms with E-state index >= 15 is 0 Å². The minimum absolute atomic E-state index is 0.747. The molecule has 1 heterocycles. The Labute approximate surface area is 109 Å². The standard InChI is InChI=1S/C14H24N2S/c1-10(2)6-12(8-15-13-4-5-13)7-14-9-17-11(3)16-14/h9-10,12-13,15H,4-8H2,1-3H3. The average Bonchev–Trinajstić information content (AvgIpc) is 2.99. The molecule has 2 nitrogen and oxygen atoms in total. The van der Waals surface area contributed by atoms with E-state index in [0.29, 0.717) is 0 Å². The summed E-state index contributed by atoms with van der Waals surface area (Å²) in [6, 6.07) is 0.821.